The number of amides is 1. The molecule has 8 nitrogen and oxygen atoms in total. The topological polar surface area (TPSA) is 108 Å². The molecule has 1 amide bonds. The van der Waals surface area contributed by atoms with E-state index >= 15 is 0 Å². The third-order valence-corrected chi connectivity index (χ3v) is 7.19. The fraction of sp³-hybridized carbons (Fsp3) is 0.483. The molecule has 2 aromatic carbocycles. The molecule has 0 aliphatic heterocycles. The Morgan fingerprint density at radius 2 is 1.51 bits per heavy atom. The van der Waals surface area contributed by atoms with Crippen molar-refractivity contribution < 1.29 is 46.0 Å². The Balaban J connectivity index is 2.78. The van der Waals surface area contributed by atoms with Gasteiger partial charge in [-0.2, -0.15) is 13.2 Å². The van der Waals surface area contributed by atoms with Crippen molar-refractivity contribution in [3.63, 3.8) is 0 Å². The van der Waals surface area contributed by atoms with Gasteiger partial charge in [0.05, 0.1) is 40.2 Å². The number of ether oxygens (including phenoxy) is 3. The van der Waals surface area contributed by atoms with Crippen molar-refractivity contribution in [1.29, 1.82) is 0 Å². The van der Waals surface area contributed by atoms with Crippen LogP contribution in [0.2, 0.25) is 0 Å². The molecule has 0 fully saturated rings. The number of halogens is 3. The standard InChI is InChI=1S/C29H36F3NO7S/c1-8-14-28(24(34)38-9-2,25(35)39-10-3)19-12-11-13-20(17-19)41(37)22-16-18(4)15-21(29(30,31)32)23(22)33-26(36)40-27(5,6)7/h11-13,15-17H,8-10,14H2,1-7H3,(H,33,36). The van der Waals surface area contributed by atoms with Gasteiger partial charge in [0.2, 0.25) is 0 Å². The van der Waals surface area contributed by atoms with Crippen LogP contribution in [0.1, 0.15) is 71.1 Å². The molecule has 1 atom stereocenters. The van der Waals surface area contributed by atoms with E-state index in [0.29, 0.717) is 6.42 Å². The first kappa shape index (κ1) is 33.8. The van der Waals surface area contributed by atoms with Gasteiger partial charge in [0, 0.05) is 4.90 Å². The molecule has 0 bridgehead atoms. The van der Waals surface area contributed by atoms with E-state index in [-0.39, 0.29) is 40.6 Å². The van der Waals surface area contributed by atoms with Crippen molar-refractivity contribution in [1.82, 2.24) is 0 Å². The fourth-order valence-corrected chi connectivity index (χ4v) is 5.54. The number of anilines is 1. The van der Waals surface area contributed by atoms with Crippen molar-refractivity contribution in [3.05, 3.63) is 53.1 Å². The predicted molar refractivity (Wildman–Crippen MR) is 147 cm³/mol. The van der Waals surface area contributed by atoms with Crippen LogP contribution in [0.4, 0.5) is 23.7 Å². The molecule has 2 rings (SSSR count). The van der Waals surface area contributed by atoms with Gasteiger partial charge in [-0.3, -0.25) is 14.9 Å². The summed E-state index contributed by atoms with van der Waals surface area (Å²) in [7, 11) is -2.31. The number of alkyl halides is 3. The van der Waals surface area contributed by atoms with Gasteiger partial charge in [0.15, 0.2) is 5.41 Å². The minimum atomic E-state index is -4.90. The highest BCUT2D eigenvalue weighted by Gasteiger charge is 2.50. The first-order valence-corrected chi connectivity index (χ1v) is 14.2. The summed E-state index contributed by atoms with van der Waals surface area (Å²) in [5.74, 6) is -1.71. The maximum Gasteiger partial charge on any atom is 0.418 e. The van der Waals surface area contributed by atoms with E-state index in [0.717, 1.165) is 6.07 Å². The fourth-order valence-electron chi connectivity index (χ4n) is 4.21. The molecule has 1 N–H and O–H groups in total. The first-order valence-electron chi connectivity index (χ1n) is 13.1. The van der Waals surface area contributed by atoms with Crippen LogP contribution < -0.4 is 5.32 Å². The number of hydrogen-bond donors (Lipinski definition) is 1. The number of esters is 2. The second-order valence-corrected chi connectivity index (χ2v) is 11.7. The monoisotopic (exact) mass is 599 g/mol. The molecule has 12 heteroatoms. The average molecular weight is 600 g/mol. The molecule has 41 heavy (non-hydrogen) atoms. The van der Waals surface area contributed by atoms with Crippen LogP contribution in [0.3, 0.4) is 0 Å². The van der Waals surface area contributed by atoms with Crippen molar-refractivity contribution in [2.24, 2.45) is 0 Å². The lowest BCUT2D eigenvalue weighted by Gasteiger charge is -2.29. The molecule has 0 saturated carbocycles. The minimum Gasteiger partial charge on any atom is -0.465 e. The molecule has 1 unspecified atom stereocenters. The minimum absolute atomic E-state index is 0.00880. The smallest absolute Gasteiger partial charge is 0.418 e. The molecule has 0 saturated heterocycles. The van der Waals surface area contributed by atoms with Gasteiger partial charge in [-0.25, -0.2) is 9.00 Å². The summed E-state index contributed by atoms with van der Waals surface area (Å²) in [6.07, 6.45) is -5.68. The maximum absolute atomic E-state index is 14.1. The Morgan fingerprint density at radius 3 is 2.00 bits per heavy atom. The van der Waals surface area contributed by atoms with Crippen molar-refractivity contribution >= 4 is 34.5 Å². The molecule has 0 heterocycles. The van der Waals surface area contributed by atoms with Crippen LogP contribution >= 0.6 is 0 Å². The van der Waals surface area contributed by atoms with E-state index in [1.165, 1.54) is 37.3 Å². The summed E-state index contributed by atoms with van der Waals surface area (Å²) in [5, 5.41) is 2.13. The number of benzene rings is 2. The van der Waals surface area contributed by atoms with Gasteiger partial charge in [-0.05, 0) is 83.4 Å². The summed E-state index contributed by atoms with van der Waals surface area (Å²) in [6, 6.07) is 7.71. The first-order chi connectivity index (χ1) is 19.0. The number of rotatable bonds is 10. The number of nitrogens with one attached hydrogen (secondary N) is 1. The zero-order valence-electron chi connectivity index (χ0n) is 24.2. The molecular weight excluding hydrogens is 563 g/mol. The quantitative estimate of drug-likeness (QED) is 0.184. The van der Waals surface area contributed by atoms with Gasteiger partial charge < -0.3 is 14.2 Å². The predicted octanol–water partition coefficient (Wildman–Crippen LogP) is 6.69. The van der Waals surface area contributed by atoms with Crippen LogP contribution in [0, 0.1) is 6.92 Å². The van der Waals surface area contributed by atoms with Crippen LogP contribution in [0.5, 0.6) is 0 Å². The number of hydrogen-bond acceptors (Lipinski definition) is 7. The van der Waals surface area contributed by atoms with Crippen molar-refractivity contribution in [3.8, 4) is 0 Å². The second-order valence-electron chi connectivity index (χ2n) is 10.2. The zero-order valence-corrected chi connectivity index (χ0v) is 25.0. The van der Waals surface area contributed by atoms with Crippen LogP contribution in [-0.2, 0) is 46.2 Å². The number of aryl methyl sites for hydroxylation is 1. The second kappa shape index (κ2) is 13.5. The summed E-state index contributed by atoms with van der Waals surface area (Å²) < 4.78 is 71.8. The van der Waals surface area contributed by atoms with E-state index in [2.05, 4.69) is 5.32 Å². The molecule has 0 aliphatic carbocycles. The Bertz CT molecular complexity index is 1280. The van der Waals surface area contributed by atoms with Crippen molar-refractivity contribution in [2.45, 2.75) is 88.3 Å². The van der Waals surface area contributed by atoms with Crippen LogP contribution in [-0.4, -0.2) is 41.1 Å². The van der Waals surface area contributed by atoms with Gasteiger partial charge >= 0.3 is 24.2 Å². The summed E-state index contributed by atoms with van der Waals surface area (Å²) >= 11 is 0. The number of carbonyl (C=O) groups excluding carboxylic acids is 3. The average Bonchev–Trinajstić information content (AvgIpc) is 2.86. The number of carbonyl (C=O) groups is 3. The SMILES string of the molecule is CCCC(C(=O)OCC)(C(=O)OCC)c1cccc(S(=O)c2cc(C)cc(C(F)(F)F)c2NC(=O)OC(C)(C)C)c1. The lowest BCUT2D eigenvalue weighted by molar-refractivity contribution is -0.165. The largest absolute Gasteiger partial charge is 0.465 e. The Morgan fingerprint density at radius 1 is 0.927 bits per heavy atom. The zero-order chi connectivity index (χ0) is 31.2. The lowest BCUT2D eigenvalue weighted by Crippen LogP contribution is -2.46. The van der Waals surface area contributed by atoms with Gasteiger partial charge in [-0.1, -0.05) is 25.5 Å². The lowest BCUT2D eigenvalue weighted by atomic mass is 9.76. The van der Waals surface area contributed by atoms with Gasteiger partial charge in [-0.15, -0.1) is 0 Å². The van der Waals surface area contributed by atoms with Crippen LogP contribution in [0.25, 0.3) is 0 Å². The molecule has 2 aromatic rings. The Labute approximate surface area is 240 Å². The van der Waals surface area contributed by atoms with E-state index < -0.39 is 57.3 Å². The normalized spacial score (nSPS) is 12.8. The summed E-state index contributed by atoms with van der Waals surface area (Å²) in [5.41, 5.74) is -4.57. The van der Waals surface area contributed by atoms with Crippen molar-refractivity contribution in [2.75, 3.05) is 18.5 Å². The van der Waals surface area contributed by atoms with Gasteiger partial charge in [0.1, 0.15) is 5.60 Å². The molecule has 0 radical (unpaired) electrons. The molecule has 0 aliphatic rings. The van der Waals surface area contributed by atoms with E-state index in [1.54, 1.807) is 41.5 Å². The molecular formula is C29H36F3NO7S. The third-order valence-electron chi connectivity index (χ3n) is 5.79. The van der Waals surface area contributed by atoms with Gasteiger partial charge in [0.25, 0.3) is 0 Å². The molecule has 226 valence electrons. The Kier molecular flexibility index (Phi) is 11.1. The highest BCUT2D eigenvalue weighted by Crippen LogP contribution is 2.41. The third kappa shape index (κ3) is 8.08. The Hall–Kier alpha value is -3.41. The van der Waals surface area contributed by atoms with Crippen LogP contribution in [0.15, 0.2) is 46.2 Å². The summed E-state index contributed by atoms with van der Waals surface area (Å²) in [6.45, 7) is 10.9. The maximum atomic E-state index is 14.1. The van der Waals surface area contributed by atoms with E-state index in [4.69, 9.17) is 14.2 Å². The molecule has 0 spiro atoms. The highest BCUT2D eigenvalue weighted by atomic mass is 32.2. The van der Waals surface area contributed by atoms with E-state index in [9.17, 15) is 31.8 Å². The van der Waals surface area contributed by atoms with E-state index in [1.807, 2.05) is 0 Å². The highest BCUT2D eigenvalue weighted by molar-refractivity contribution is 7.85. The molecule has 0 aromatic heterocycles. The summed E-state index contributed by atoms with van der Waals surface area (Å²) in [4.78, 5) is 38.6.